The van der Waals surface area contributed by atoms with Crippen molar-refractivity contribution in [1.82, 2.24) is 0 Å². The van der Waals surface area contributed by atoms with Crippen LogP contribution in [0.25, 0.3) is 0 Å². The molecule has 0 aliphatic heterocycles. The van der Waals surface area contributed by atoms with Gasteiger partial charge in [0.2, 0.25) is 0 Å². The summed E-state index contributed by atoms with van der Waals surface area (Å²) >= 11 is 0. The molecular weight excluding hydrogens is 370 g/mol. The topological polar surface area (TPSA) is 90.0 Å². The molecule has 0 aliphatic carbocycles. The summed E-state index contributed by atoms with van der Waals surface area (Å²) in [5.41, 5.74) is 1.53. The Labute approximate surface area is 158 Å². The maximum Gasteiger partial charge on any atom is 0.346 e. The lowest BCUT2D eigenvalue weighted by atomic mass is 10.2. The molecule has 1 atom stereocenters. The van der Waals surface area contributed by atoms with Gasteiger partial charge < -0.3 is 9.47 Å². The lowest BCUT2D eigenvalue weighted by molar-refractivity contribution is -0.149. The molecule has 1 unspecified atom stereocenters. The molecular formula is C19H21NO6S. The summed E-state index contributed by atoms with van der Waals surface area (Å²) in [6.07, 6.45) is -1.04. The number of esters is 2. The number of anilines is 1. The van der Waals surface area contributed by atoms with Gasteiger partial charge >= 0.3 is 11.9 Å². The van der Waals surface area contributed by atoms with E-state index in [1.165, 1.54) is 45.3 Å². The summed E-state index contributed by atoms with van der Waals surface area (Å²) in [6, 6.07) is 12.4. The summed E-state index contributed by atoms with van der Waals surface area (Å²) in [4.78, 5) is 23.5. The Balaban J connectivity index is 2.17. The van der Waals surface area contributed by atoms with E-state index in [2.05, 4.69) is 4.74 Å². The van der Waals surface area contributed by atoms with Crippen LogP contribution < -0.4 is 4.31 Å². The van der Waals surface area contributed by atoms with E-state index in [1.54, 1.807) is 24.3 Å². The van der Waals surface area contributed by atoms with Crippen LogP contribution in [0.1, 0.15) is 22.8 Å². The maximum atomic E-state index is 12.7. The average molecular weight is 391 g/mol. The van der Waals surface area contributed by atoms with Crippen molar-refractivity contribution < 1.29 is 27.5 Å². The van der Waals surface area contributed by atoms with Gasteiger partial charge in [0.25, 0.3) is 10.0 Å². The van der Waals surface area contributed by atoms with Crippen LogP contribution in [0.4, 0.5) is 5.69 Å². The second-order valence-electron chi connectivity index (χ2n) is 5.90. The molecule has 0 amide bonds. The molecule has 7 nitrogen and oxygen atoms in total. The summed E-state index contributed by atoms with van der Waals surface area (Å²) in [7, 11) is -1.09. The fourth-order valence-corrected chi connectivity index (χ4v) is 3.45. The highest BCUT2D eigenvalue weighted by Crippen LogP contribution is 2.23. The van der Waals surface area contributed by atoms with Crippen molar-refractivity contribution in [3.8, 4) is 0 Å². The SMILES string of the molecule is COC(=O)C(C)OC(=O)c1ccc(N(C)S(=O)(=O)c2ccc(C)cc2)cc1. The highest BCUT2D eigenvalue weighted by molar-refractivity contribution is 7.92. The molecule has 0 bridgehead atoms. The molecule has 0 aliphatic rings. The summed E-state index contributed by atoms with van der Waals surface area (Å²) in [6.45, 7) is 3.28. The van der Waals surface area contributed by atoms with E-state index in [0.717, 1.165) is 9.87 Å². The highest BCUT2D eigenvalue weighted by atomic mass is 32.2. The van der Waals surface area contributed by atoms with Crippen LogP contribution in [0.15, 0.2) is 53.4 Å². The number of nitrogens with zero attached hydrogens (tertiary/aromatic N) is 1. The van der Waals surface area contributed by atoms with Crippen LogP contribution in [0.2, 0.25) is 0 Å². The number of ether oxygens (including phenoxy) is 2. The molecule has 0 N–H and O–H groups in total. The van der Waals surface area contributed by atoms with Gasteiger partial charge in [-0.25, -0.2) is 18.0 Å². The summed E-state index contributed by atoms with van der Waals surface area (Å²) in [5.74, 6) is -1.37. The first kappa shape index (κ1) is 20.4. The first-order valence-corrected chi connectivity index (χ1v) is 9.55. The zero-order valence-electron chi connectivity index (χ0n) is 15.5. The number of benzene rings is 2. The maximum absolute atomic E-state index is 12.7. The zero-order chi connectivity index (χ0) is 20.2. The minimum atomic E-state index is -3.72. The third-order valence-electron chi connectivity index (χ3n) is 3.96. The quantitative estimate of drug-likeness (QED) is 0.703. The molecule has 0 heterocycles. The van der Waals surface area contributed by atoms with Gasteiger partial charge in [-0.15, -0.1) is 0 Å². The largest absolute Gasteiger partial charge is 0.466 e. The van der Waals surface area contributed by atoms with E-state index in [0.29, 0.717) is 5.69 Å². The van der Waals surface area contributed by atoms with E-state index >= 15 is 0 Å². The molecule has 0 radical (unpaired) electrons. The van der Waals surface area contributed by atoms with Crippen molar-refractivity contribution in [3.63, 3.8) is 0 Å². The van der Waals surface area contributed by atoms with Crippen molar-refractivity contribution in [3.05, 3.63) is 59.7 Å². The van der Waals surface area contributed by atoms with Gasteiger partial charge in [0.1, 0.15) is 0 Å². The Morgan fingerprint density at radius 2 is 1.56 bits per heavy atom. The number of hydrogen-bond donors (Lipinski definition) is 0. The standard InChI is InChI=1S/C19H21NO6S/c1-13-5-11-17(12-6-13)27(23,24)20(3)16-9-7-15(8-10-16)19(22)26-14(2)18(21)25-4/h5-12,14H,1-4H3. The van der Waals surface area contributed by atoms with E-state index in [-0.39, 0.29) is 10.5 Å². The van der Waals surface area contributed by atoms with Gasteiger partial charge in [0.05, 0.1) is 23.3 Å². The Morgan fingerprint density at radius 1 is 1.00 bits per heavy atom. The molecule has 0 saturated carbocycles. The highest BCUT2D eigenvalue weighted by Gasteiger charge is 2.22. The van der Waals surface area contributed by atoms with E-state index in [9.17, 15) is 18.0 Å². The number of carbonyl (C=O) groups is 2. The van der Waals surface area contributed by atoms with Crippen LogP contribution in [-0.4, -0.2) is 40.6 Å². The first-order valence-electron chi connectivity index (χ1n) is 8.11. The molecule has 2 rings (SSSR count). The zero-order valence-corrected chi connectivity index (χ0v) is 16.3. The average Bonchev–Trinajstić information content (AvgIpc) is 2.67. The van der Waals surface area contributed by atoms with Crippen LogP contribution in [0, 0.1) is 6.92 Å². The van der Waals surface area contributed by atoms with Crippen LogP contribution in [0.3, 0.4) is 0 Å². The summed E-state index contributed by atoms with van der Waals surface area (Å²) in [5, 5.41) is 0. The predicted molar refractivity (Wildman–Crippen MR) is 100 cm³/mol. The van der Waals surface area contributed by atoms with Crippen molar-refractivity contribution in [2.24, 2.45) is 0 Å². The fourth-order valence-electron chi connectivity index (χ4n) is 2.26. The molecule has 0 saturated heterocycles. The number of carbonyl (C=O) groups excluding carboxylic acids is 2. The normalized spacial score (nSPS) is 12.1. The summed E-state index contributed by atoms with van der Waals surface area (Å²) < 4.78 is 36.0. The molecule has 144 valence electrons. The number of sulfonamides is 1. The second kappa shape index (κ2) is 8.22. The second-order valence-corrected chi connectivity index (χ2v) is 7.87. The third kappa shape index (κ3) is 4.65. The first-order chi connectivity index (χ1) is 12.7. The number of aryl methyl sites for hydroxylation is 1. The Kier molecular flexibility index (Phi) is 6.22. The lowest BCUT2D eigenvalue weighted by Gasteiger charge is -2.20. The van der Waals surface area contributed by atoms with Crippen molar-refractivity contribution >= 4 is 27.6 Å². The number of methoxy groups -OCH3 is 1. The Bertz CT molecular complexity index is 920. The molecule has 2 aromatic carbocycles. The molecule has 0 aromatic heterocycles. The van der Waals surface area contributed by atoms with Crippen molar-refractivity contribution in [2.45, 2.75) is 24.8 Å². The van der Waals surface area contributed by atoms with Gasteiger partial charge in [-0.1, -0.05) is 17.7 Å². The van der Waals surface area contributed by atoms with Crippen molar-refractivity contribution in [1.29, 1.82) is 0 Å². The van der Waals surface area contributed by atoms with Gasteiger partial charge in [0.15, 0.2) is 6.10 Å². The minimum absolute atomic E-state index is 0.172. The number of hydrogen-bond acceptors (Lipinski definition) is 6. The van der Waals surface area contributed by atoms with Gasteiger partial charge in [-0.05, 0) is 50.2 Å². The molecule has 2 aromatic rings. The molecule has 0 fully saturated rings. The van der Waals surface area contributed by atoms with E-state index < -0.39 is 28.1 Å². The molecule has 8 heteroatoms. The van der Waals surface area contributed by atoms with Crippen molar-refractivity contribution in [2.75, 3.05) is 18.5 Å². The monoisotopic (exact) mass is 391 g/mol. The Morgan fingerprint density at radius 3 is 2.07 bits per heavy atom. The van der Waals surface area contributed by atoms with Gasteiger partial charge in [0, 0.05) is 7.05 Å². The van der Waals surface area contributed by atoms with Crippen LogP contribution in [-0.2, 0) is 24.3 Å². The Hall–Kier alpha value is -2.87. The van der Waals surface area contributed by atoms with Gasteiger partial charge in [-0.2, -0.15) is 0 Å². The predicted octanol–water partition coefficient (Wildman–Crippen LogP) is 2.54. The molecule has 27 heavy (non-hydrogen) atoms. The fraction of sp³-hybridized carbons (Fsp3) is 0.263. The van der Waals surface area contributed by atoms with E-state index in [1.807, 2.05) is 6.92 Å². The lowest BCUT2D eigenvalue weighted by Crippen LogP contribution is -2.27. The third-order valence-corrected chi connectivity index (χ3v) is 5.76. The van der Waals surface area contributed by atoms with Crippen LogP contribution in [0.5, 0.6) is 0 Å². The smallest absolute Gasteiger partial charge is 0.346 e. The van der Waals surface area contributed by atoms with Crippen LogP contribution >= 0.6 is 0 Å². The van der Waals surface area contributed by atoms with E-state index in [4.69, 9.17) is 4.74 Å². The van der Waals surface area contributed by atoms with Gasteiger partial charge in [-0.3, -0.25) is 4.31 Å². The molecule has 0 spiro atoms. The minimum Gasteiger partial charge on any atom is -0.466 e. The number of rotatable bonds is 6.